The maximum atomic E-state index is 11.4. The van der Waals surface area contributed by atoms with E-state index in [-0.39, 0.29) is 6.42 Å². The van der Waals surface area contributed by atoms with E-state index < -0.39 is 18.0 Å². The highest BCUT2D eigenvalue weighted by atomic mass is 16.4. The van der Waals surface area contributed by atoms with Gasteiger partial charge in [-0.05, 0) is 5.56 Å². The molecule has 0 saturated carbocycles. The summed E-state index contributed by atoms with van der Waals surface area (Å²) in [7, 11) is 3.29. The fourth-order valence-corrected chi connectivity index (χ4v) is 1.44. The number of carbonyl (C=O) groups is 2. The van der Waals surface area contributed by atoms with Gasteiger partial charge in [0, 0.05) is 20.5 Å². The maximum Gasteiger partial charge on any atom is 0.330 e. The number of nitrogens with one attached hydrogen (secondary N) is 2. The molecule has 1 aromatic carbocycles. The highest BCUT2D eigenvalue weighted by molar-refractivity contribution is 5.82. The van der Waals surface area contributed by atoms with Gasteiger partial charge in [0.25, 0.3) is 0 Å². The topological polar surface area (TPSA) is 81.7 Å². The zero-order valence-electron chi connectivity index (χ0n) is 10.4. The van der Waals surface area contributed by atoms with E-state index in [4.69, 9.17) is 5.11 Å². The average molecular weight is 251 g/mol. The van der Waals surface area contributed by atoms with Gasteiger partial charge in [0.15, 0.2) is 0 Å². The smallest absolute Gasteiger partial charge is 0.330 e. The first-order chi connectivity index (χ1) is 8.49. The van der Waals surface area contributed by atoms with Gasteiger partial charge < -0.3 is 10.4 Å². The summed E-state index contributed by atoms with van der Waals surface area (Å²) in [6.45, 7) is 0. The van der Waals surface area contributed by atoms with Crippen LogP contribution in [0.25, 0.3) is 0 Å². The molecule has 0 bridgehead atoms. The van der Waals surface area contributed by atoms with E-state index in [9.17, 15) is 9.59 Å². The van der Waals surface area contributed by atoms with Crippen LogP contribution in [0.2, 0.25) is 0 Å². The fraction of sp³-hybridized carbons (Fsp3) is 0.333. The zero-order chi connectivity index (χ0) is 13.5. The molecule has 0 aromatic heterocycles. The number of carboxylic acid groups (broad SMARTS) is 1. The standard InChI is InChI=1S/C12H17N3O3/c1-15(2)14-12(18)13-10(11(16)17)8-9-6-4-3-5-7-9/h3-7,10H,8H2,1-2H3,(H,16,17)(H2,13,14,18)/t10-/m0/s1. The number of hydrazine groups is 1. The van der Waals surface area contributed by atoms with Gasteiger partial charge in [0.1, 0.15) is 6.04 Å². The molecule has 0 aliphatic heterocycles. The van der Waals surface area contributed by atoms with E-state index in [0.29, 0.717) is 0 Å². The number of urea groups is 1. The SMILES string of the molecule is CN(C)NC(=O)N[C@@H](Cc1ccccc1)C(=O)O. The molecule has 0 saturated heterocycles. The molecule has 0 unspecified atom stereocenters. The summed E-state index contributed by atoms with van der Waals surface area (Å²) in [5.74, 6) is -1.06. The minimum absolute atomic E-state index is 0.247. The molecule has 0 spiro atoms. The van der Waals surface area contributed by atoms with Gasteiger partial charge in [-0.1, -0.05) is 30.3 Å². The number of carboxylic acids is 1. The minimum Gasteiger partial charge on any atom is -0.480 e. The first kappa shape index (κ1) is 14.0. The Kier molecular flexibility index (Phi) is 5.13. The Labute approximate surface area is 106 Å². The van der Waals surface area contributed by atoms with Crippen molar-refractivity contribution in [1.82, 2.24) is 15.8 Å². The normalized spacial score (nSPS) is 11.9. The monoisotopic (exact) mass is 251 g/mol. The number of aliphatic carboxylic acids is 1. The number of rotatable bonds is 5. The summed E-state index contributed by atoms with van der Waals surface area (Å²) in [5, 5.41) is 12.9. The number of nitrogens with zero attached hydrogens (tertiary/aromatic N) is 1. The number of benzene rings is 1. The van der Waals surface area contributed by atoms with Crippen LogP contribution in [0.5, 0.6) is 0 Å². The van der Waals surface area contributed by atoms with Crippen molar-refractivity contribution in [3.8, 4) is 0 Å². The first-order valence-electron chi connectivity index (χ1n) is 5.50. The Morgan fingerprint density at radius 1 is 1.28 bits per heavy atom. The lowest BCUT2D eigenvalue weighted by molar-refractivity contribution is -0.139. The molecule has 1 atom stereocenters. The van der Waals surface area contributed by atoms with Crippen molar-refractivity contribution < 1.29 is 14.7 Å². The van der Waals surface area contributed by atoms with E-state index in [1.54, 1.807) is 14.1 Å². The van der Waals surface area contributed by atoms with Crippen molar-refractivity contribution in [1.29, 1.82) is 0 Å². The van der Waals surface area contributed by atoms with Crippen molar-refractivity contribution in [3.63, 3.8) is 0 Å². The number of hydrogen-bond acceptors (Lipinski definition) is 3. The van der Waals surface area contributed by atoms with Gasteiger partial charge in [0.2, 0.25) is 0 Å². The minimum atomic E-state index is -1.06. The third-order valence-electron chi connectivity index (χ3n) is 2.21. The lowest BCUT2D eigenvalue weighted by Gasteiger charge is -2.17. The van der Waals surface area contributed by atoms with Crippen molar-refractivity contribution in [2.24, 2.45) is 0 Å². The van der Waals surface area contributed by atoms with Gasteiger partial charge in [-0.2, -0.15) is 0 Å². The maximum absolute atomic E-state index is 11.4. The van der Waals surface area contributed by atoms with Gasteiger partial charge >= 0.3 is 12.0 Å². The third kappa shape index (κ3) is 4.84. The summed E-state index contributed by atoms with van der Waals surface area (Å²) < 4.78 is 0. The quantitative estimate of drug-likeness (QED) is 0.664. The molecule has 0 aliphatic rings. The van der Waals surface area contributed by atoms with E-state index >= 15 is 0 Å². The molecule has 6 nitrogen and oxygen atoms in total. The lowest BCUT2D eigenvalue weighted by Crippen LogP contribution is -2.50. The van der Waals surface area contributed by atoms with Crippen LogP contribution in [0.1, 0.15) is 5.56 Å². The van der Waals surface area contributed by atoms with Crippen LogP contribution in [0.3, 0.4) is 0 Å². The highest BCUT2D eigenvalue weighted by Crippen LogP contribution is 2.03. The second-order valence-corrected chi connectivity index (χ2v) is 4.06. The molecule has 1 aromatic rings. The summed E-state index contributed by atoms with van der Waals surface area (Å²) in [5.41, 5.74) is 3.29. The molecule has 0 heterocycles. The second-order valence-electron chi connectivity index (χ2n) is 4.06. The van der Waals surface area contributed by atoms with Crippen LogP contribution in [-0.4, -0.2) is 42.3 Å². The Morgan fingerprint density at radius 2 is 1.89 bits per heavy atom. The van der Waals surface area contributed by atoms with E-state index in [0.717, 1.165) is 5.56 Å². The van der Waals surface area contributed by atoms with Gasteiger partial charge in [0.05, 0.1) is 0 Å². The van der Waals surface area contributed by atoms with Crippen LogP contribution >= 0.6 is 0 Å². The second kappa shape index (κ2) is 6.61. The highest BCUT2D eigenvalue weighted by Gasteiger charge is 2.20. The molecule has 1 rings (SSSR count). The Balaban J connectivity index is 2.61. The summed E-state index contributed by atoms with van der Waals surface area (Å²) in [6, 6.07) is 7.66. The molecule has 2 amide bonds. The van der Waals surface area contributed by atoms with Crippen LogP contribution in [0.4, 0.5) is 4.79 Å². The lowest BCUT2D eigenvalue weighted by atomic mass is 10.1. The Bertz CT molecular complexity index is 406. The predicted molar refractivity (Wildman–Crippen MR) is 66.9 cm³/mol. The Morgan fingerprint density at radius 3 is 2.39 bits per heavy atom. The van der Waals surface area contributed by atoms with E-state index in [1.807, 2.05) is 30.3 Å². The van der Waals surface area contributed by atoms with Crippen molar-refractivity contribution in [2.45, 2.75) is 12.5 Å². The number of hydrogen-bond donors (Lipinski definition) is 3. The Hall–Kier alpha value is -2.08. The zero-order valence-corrected chi connectivity index (χ0v) is 10.4. The van der Waals surface area contributed by atoms with Crippen LogP contribution < -0.4 is 10.7 Å². The average Bonchev–Trinajstić information content (AvgIpc) is 2.28. The molecule has 98 valence electrons. The predicted octanol–water partition coefficient (Wildman–Crippen LogP) is 0.458. The molecule has 3 N–H and O–H groups in total. The summed E-state index contributed by atoms with van der Waals surface area (Å²) in [4.78, 5) is 22.5. The van der Waals surface area contributed by atoms with Crippen molar-refractivity contribution >= 4 is 12.0 Å². The molecule has 0 fully saturated rings. The molecule has 0 radical (unpaired) electrons. The number of carbonyl (C=O) groups excluding carboxylic acids is 1. The first-order valence-corrected chi connectivity index (χ1v) is 5.50. The van der Waals surface area contributed by atoms with E-state index in [1.165, 1.54) is 5.01 Å². The van der Waals surface area contributed by atoms with Gasteiger partial charge in [-0.25, -0.2) is 14.6 Å². The molecule has 18 heavy (non-hydrogen) atoms. The summed E-state index contributed by atoms with van der Waals surface area (Å²) >= 11 is 0. The van der Waals surface area contributed by atoms with Crippen LogP contribution in [0, 0.1) is 0 Å². The van der Waals surface area contributed by atoms with Crippen LogP contribution in [0.15, 0.2) is 30.3 Å². The number of amides is 2. The van der Waals surface area contributed by atoms with E-state index in [2.05, 4.69) is 10.7 Å². The molecular formula is C12H17N3O3. The molecular weight excluding hydrogens is 234 g/mol. The van der Waals surface area contributed by atoms with Crippen molar-refractivity contribution in [2.75, 3.05) is 14.1 Å². The third-order valence-corrected chi connectivity index (χ3v) is 2.21. The fourth-order valence-electron chi connectivity index (χ4n) is 1.44. The van der Waals surface area contributed by atoms with Gasteiger partial charge in [-0.15, -0.1) is 0 Å². The van der Waals surface area contributed by atoms with Crippen LogP contribution in [-0.2, 0) is 11.2 Å². The van der Waals surface area contributed by atoms with Gasteiger partial charge in [-0.3, -0.25) is 5.43 Å². The summed E-state index contributed by atoms with van der Waals surface area (Å²) in [6.07, 6.45) is 0.247. The van der Waals surface area contributed by atoms with Crippen molar-refractivity contribution in [3.05, 3.63) is 35.9 Å². The largest absolute Gasteiger partial charge is 0.480 e. The molecule has 6 heteroatoms. The molecule has 0 aliphatic carbocycles.